The van der Waals surface area contributed by atoms with Gasteiger partial charge in [0, 0.05) is 33.1 Å². The van der Waals surface area contributed by atoms with Gasteiger partial charge in [-0.25, -0.2) is 8.42 Å². The van der Waals surface area contributed by atoms with Gasteiger partial charge in [0.2, 0.25) is 15.9 Å². The Hall–Kier alpha value is -2.86. The summed E-state index contributed by atoms with van der Waals surface area (Å²) in [6.45, 7) is 5.72. The number of nitrogens with one attached hydrogen (secondary N) is 2. The quantitative estimate of drug-likeness (QED) is 0.151. The second-order valence-corrected chi connectivity index (χ2v) is 11.4. The molecule has 2 atom stereocenters. The number of carbonyl (C=O) groups excluding carboxylic acids is 2. The van der Waals surface area contributed by atoms with Gasteiger partial charge < -0.3 is 26.4 Å². The second-order valence-electron chi connectivity index (χ2n) is 9.67. The van der Waals surface area contributed by atoms with Crippen molar-refractivity contribution < 1.29 is 22.7 Å². The number of anilines is 1. The first-order valence-electron chi connectivity index (χ1n) is 12.4. The van der Waals surface area contributed by atoms with E-state index in [0.717, 1.165) is 12.0 Å². The van der Waals surface area contributed by atoms with E-state index in [9.17, 15) is 18.0 Å². The Bertz CT molecular complexity index is 1060. The van der Waals surface area contributed by atoms with Gasteiger partial charge in [0.15, 0.2) is 5.96 Å². The van der Waals surface area contributed by atoms with Crippen LogP contribution >= 0.6 is 0 Å². The van der Waals surface area contributed by atoms with Crippen LogP contribution in [0.2, 0.25) is 0 Å². The van der Waals surface area contributed by atoms with Crippen LogP contribution in [0.5, 0.6) is 0 Å². The number of amides is 1. The Morgan fingerprint density at radius 2 is 2.00 bits per heavy atom. The summed E-state index contributed by atoms with van der Waals surface area (Å²) < 4.78 is 34.7. The number of benzene rings is 1. The molecule has 0 spiro atoms. The van der Waals surface area contributed by atoms with Gasteiger partial charge in [0.1, 0.15) is 10.9 Å². The lowest BCUT2D eigenvalue weighted by atomic mass is 9.96. The number of nitrogens with zero attached hydrogens (tertiary/aromatic N) is 2. The molecule has 0 saturated carbocycles. The summed E-state index contributed by atoms with van der Waals surface area (Å²) in [4.78, 5) is 30.3. The van der Waals surface area contributed by atoms with Crippen LogP contribution in [-0.2, 0) is 30.8 Å². The van der Waals surface area contributed by atoms with Gasteiger partial charge in [-0.1, -0.05) is 19.1 Å². The first kappa shape index (κ1) is 27.7. The molecular formula is C24H38N6O5S. The zero-order chi connectivity index (χ0) is 26.3. The van der Waals surface area contributed by atoms with Crippen LogP contribution in [0.25, 0.3) is 0 Å². The largest absolute Gasteiger partial charge is 0.466 e. The third kappa shape index (κ3) is 7.57. The minimum Gasteiger partial charge on any atom is -0.466 e. The van der Waals surface area contributed by atoms with E-state index in [-0.39, 0.29) is 35.1 Å². The summed E-state index contributed by atoms with van der Waals surface area (Å²) in [5, 5.41) is 3.25. The fourth-order valence-electron chi connectivity index (χ4n) is 4.66. The number of para-hydroxylation sites is 1. The number of rotatable bonds is 10. The lowest BCUT2D eigenvalue weighted by Crippen LogP contribution is -2.51. The number of fused-ring (bicyclic) bond motifs is 1. The van der Waals surface area contributed by atoms with E-state index in [1.165, 1.54) is 6.92 Å². The van der Waals surface area contributed by atoms with Crippen molar-refractivity contribution in [2.45, 2.75) is 56.9 Å². The number of esters is 1. The normalized spacial score (nSPS) is 19.1. The van der Waals surface area contributed by atoms with Gasteiger partial charge in [-0.2, -0.15) is 4.72 Å². The summed E-state index contributed by atoms with van der Waals surface area (Å²) in [5.74, 6) is -0.0720. The average molecular weight is 523 g/mol. The number of hydrogen-bond acceptors (Lipinski definition) is 7. The standard InChI is InChI=1S/C24H38N6O5S/c1-16-13-19-5-3-7-21(22(19)28-14-16)36(33,34)29-20(6-4-10-27-24(25)26)23(32)30-11-8-18(9-12-30)15-35-17(2)31/h3,5,7,16,18,20,28-29H,4,6,8-15H2,1-2H3,(H4,25,26,27)/t16?,20-/m0/s1. The van der Waals surface area contributed by atoms with E-state index in [4.69, 9.17) is 16.2 Å². The van der Waals surface area contributed by atoms with Gasteiger partial charge in [-0.15, -0.1) is 0 Å². The predicted molar refractivity (Wildman–Crippen MR) is 138 cm³/mol. The maximum absolute atomic E-state index is 13.5. The predicted octanol–water partition coefficient (Wildman–Crippen LogP) is 0.793. The molecule has 2 aliphatic heterocycles. The lowest BCUT2D eigenvalue weighted by molar-refractivity contribution is -0.144. The Kier molecular flexibility index (Phi) is 9.55. The molecule has 1 fully saturated rings. The smallest absolute Gasteiger partial charge is 0.302 e. The molecule has 200 valence electrons. The number of nitrogens with two attached hydrogens (primary N) is 2. The van der Waals surface area contributed by atoms with Crippen LogP contribution in [-0.4, -0.2) is 70.0 Å². The van der Waals surface area contributed by atoms with Crippen molar-refractivity contribution in [3.63, 3.8) is 0 Å². The van der Waals surface area contributed by atoms with Crippen molar-refractivity contribution in [3.05, 3.63) is 23.8 Å². The van der Waals surface area contributed by atoms with E-state index in [1.807, 2.05) is 6.07 Å². The number of piperidine rings is 1. The number of hydrogen-bond donors (Lipinski definition) is 4. The molecule has 1 aromatic rings. The highest BCUT2D eigenvalue weighted by Crippen LogP contribution is 2.31. The fraction of sp³-hybridized carbons (Fsp3) is 0.625. The monoisotopic (exact) mass is 522 g/mol. The van der Waals surface area contributed by atoms with E-state index in [0.29, 0.717) is 63.7 Å². The summed E-state index contributed by atoms with van der Waals surface area (Å²) >= 11 is 0. The van der Waals surface area contributed by atoms with E-state index >= 15 is 0 Å². The highest BCUT2D eigenvalue weighted by Gasteiger charge is 2.33. The van der Waals surface area contributed by atoms with Gasteiger partial charge in [0.25, 0.3) is 0 Å². The van der Waals surface area contributed by atoms with Crippen molar-refractivity contribution >= 4 is 33.5 Å². The molecule has 3 rings (SSSR count). The summed E-state index contributed by atoms with van der Waals surface area (Å²) in [5.41, 5.74) is 12.3. The van der Waals surface area contributed by atoms with Crippen LogP contribution in [0.1, 0.15) is 45.1 Å². The minimum atomic E-state index is -3.99. The van der Waals surface area contributed by atoms with Crippen LogP contribution < -0.4 is 21.5 Å². The lowest BCUT2D eigenvalue weighted by Gasteiger charge is -2.34. The summed E-state index contributed by atoms with van der Waals surface area (Å²) in [7, 11) is -3.99. The third-order valence-corrected chi connectivity index (χ3v) is 8.10. The van der Waals surface area contributed by atoms with Gasteiger partial charge >= 0.3 is 5.97 Å². The number of sulfonamides is 1. The number of aliphatic imine (C=N–C) groups is 1. The molecule has 1 saturated heterocycles. The molecule has 12 heteroatoms. The summed E-state index contributed by atoms with van der Waals surface area (Å²) in [6.07, 6.45) is 2.83. The zero-order valence-electron chi connectivity index (χ0n) is 21.0. The summed E-state index contributed by atoms with van der Waals surface area (Å²) in [6, 6.07) is 4.27. The molecular weight excluding hydrogens is 484 g/mol. The Labute approximate surface area is 213 Å². The molecule has 2 aliphatic rings. The molecule has 1 amide bonds. The van der Waals surface area contributed by atoms with E-state index in [2.05, 4.69) is 22.0 Å². The van der Waals surface area contributed by atoms with Crippen LogP contribution in [0.4, 0.5) is 5.69 Å². The first-order valence-corrected chi connectivity index (χ1v) is 13.9. The maximum Gasteiger partial charge on any atom is 0.302 e. The van der Waals surface area contributed by atoms with Gasteiger partial charge in [-0.05, 0) is 55.6 Å². The number of guanidine groups is 1. The fourth-order valence-corrected chi connectivity index (χ4v) is 6.11. The molecule has 0 radical (unpaired) electrons. The molecule has 1 unspecified atom stereocenters. The van der Waals surface area contributed by atoms with Crippen LogP contribution in [0.15, 0.2) is 28.1 Å². The SMILES string of the molecule is CC(=O)OCC1CCN(C(=O)[C@H](CCCN=C(N)N)NS(=O)(=O)c2cccc3c2NCC(C)C3)CC1. The highest BCUT2D eigenvalue weighted by atomic mass is 32.2. The zero-order valence-corrected chi connectivity index (χ0v) is 21.9. The average Bonchev–Trinajstić information content (AvgIpc) is 2.83. The van der Waals surface area contributed by atoms with Crippen LogP contribution in [0.3, 0.4) is 0 Å². The Balaban J connectivity index is 1.74. The van der Waals surface area contributed by atoms with Crippen molar-refractivity contribution in [1.82, 2.24) is 9.62 Å². The van der Waals surface area contributed by atoms with Crippen molar-refractivity contribution in [2.24, 2.45) is 28.3 Å². The van der Waals surface area contributed by atoms with E-state index in [1.54, 1.807) is 17.0 Å². The van der Waals surface area contributed by atoms with Crippen LogP contribution in [0, 0.1) is 11.8 Å². The number of likely N-dealkylation sites (tertiary alicyclic amines) is 1. The molecule has 2 heterocycles. The first-order chi connectivity index (χ1) is 17.1. The molecule has 0 bridgehead atoms. The Morgan fingerprint density at radius 1 is 1.28 bits per heavy atom. The molecule has 0 aliphatic carbocycles. The van der Waals surface area contributed by atoms with Crippen molar-refractivity contribution in [2.75, 3.05) is 38.1 Å². The maximum atomic E-state index is 13.5. The Morgan fingerprint density at radius 3 is 2.67 bits per heavy atom. The van der Waals surface area contributed by atoms with Crippen molar-refractivity contribution in [1.29, 1.82) is 0 Å². The minimum absolute atomic E-state index is 0.0514. The molecule has 11 nitrogen and oxygen atoms in total. The molecule has 6 N–H and O–H groups in total. The highest BCUT2D eigenvalue weighted by molar-refractivity contribution is 7.89. The molecule has 36 heavy (non-hydrogen) atoms. The topological polar surface area (TPSA) is 169 Å². The second kappa shape index (κ2) is 12.4. The van der Waals surface area contributed by atoms with Gasteiger partial charge in [0.05, 0.1) is 12.3 Å². The molecule has 0 aromatic heterocycles. The third-order valence-electron chi connectivity index (χ3n) is 6.59. The number of carbonyl (C=O) groups is 2. The number of ether oxygens (including phenoxy) is 1. The molecule has 1 aromatic carbocycles. The van der Waals surface area contributed by atoms with E-state index < -0.39 is 16.1 Å². The van der Waals surface area contributed by atoms with Crippen molar-refractivity contribution in [3.8, 4) is 0 Å². The van der Waals surface area contributed by atoms with Gasteiger partial charge in [-0.3, -0.25) is 14.6 Å².